The molecule has 4 aromatic rings. The van der Waals surface area contributed by atoms with Crippen molar-refractivity contribution in [2.24, 2.45) is 4.99 Å². The summed E-state index contributed by atoms with van der Waals surface area (Å²) in [6.07, 6.45) is 1.68. The van der Waals surface area contributed by atoms with Crippen LogP contribution < -0.4 is 0 Å². The topological polar surface area (TPSA) is 58.6 Å². The highest BCUT2D eigenvalue weighted by molar-refractivity contribution is 5.86. The molecule has 4 heteroatoms. The molecule has 0 saturated heterocycles. The number of hydrogen-bond acceptors (Lipinski definition) is 4. The number of phenolic OH excluding ortho intramolecular Hbond substituents is 1. The van der Waals surface area contributed by atoms with Gasteiger partial charge in [0.05, 0.1) is 5.69 Å². The third-order valence-electron chi connectivity index (χ3n) is 4.61. The van der Waals surface area contributed by atoms with Crippen molar-refractivity contribution in [2.75, 3.05) is 0 Å². The summed E-state index contributed by atoms with van der Waals surface area (Å²) < 4.78 is 5.92. The van der Waals surface area contributed by atoms with E-state index >= 15 is 0 Å². The normalized spacial score (nSPS) is 11.5. The Balaban J connectivity index is 1.72. The van der Waals surface area contributed by atoms with Crippen LogP contribution in [0.25, 0.3) is 22.6 Å². The molecule has 1 heterocycles. The van der Waals surface area contributed by atoms with Crippen LogP contribution in [0.15, 0.2) is 64.0 Å². The molecule has 27 heavy (non-hydrogen) atoms. The Morgan fingerprint density at radius 1 is 0.963 bits per heavy atom. The first-order valence-electron chi connectivity index (χ1n) is 8.82. The number of fused-ring (bicyclic) bond motifs is 1. The first kappa shape index (κ1) is 17.0. The second-order valence-electron chi connectivity index (χ2n) is 6.76. The maximum atomic E-state index is 10.2. The Bertz CT molecular complexity index is 1170. The lowest BCUT2D eigenvalue weighted by Gasteiger charge is -2.04. The van der Waals surface area contributed by atoms with Crippen LogP contribution in [0.1, 0.15) is 22.3 Å². The maximum absolute atomic E-state index is 10.2. The lowest BCUT2D eigenvalue weighted by molar-refractivity contribution is 0.470. The first-order valence-corrected chi connectivity index (χ1v) is 8.82. The number of phenols is 1. The van der Waals surface area contributed by atoms with Gasteiger partial charge in [-0.1, -0.05) is 24.3 Å². The van der Waals surface area contributed by atoms with Gasteiger partial charge in [-0.3, -0.25) is 4.99 Å². The number of nitrogens with zero attached hydrogens (tertiary/aromatic N) is 2. The van der Waals surface area contributed by atoms with Gasteiger partial charge in [0.25, 0.3) is 0 Å². The molecule has 1 aromatic heterocycles. The summed E-state index contributed by atoms with van der Waals surface area (Å²) in [5.41, 5.74) is 6.99. The van der Waals surface area contributed by atoms with Crippen molar-refractivity contribution in [1.82, 2.24) is 4.98 Å². The molecule has 1 N–H and O–H groups in total. The zero-order valence-electron chi connectivity index (χ0n) is 15.5. The van der Waals surface area contributed by atoms with Crippen molar-refractivity contribution in [1.29, 1.82) is 0 Å². The molecule has 0 spiro atoms. The number of aliphatic imine (C=N–C) groups is 1. The van der Waals surface area contributed by atoms with Gasteiger partial charge in [-0.15, -0.1) is 0 Å². The van der Waals surface area contributed by atoms with Crippen molar-refractivity contribution < 1.29 is 9.52 Å². The van der Waals surface area contributed by atoms with E-state index in [9.17, 15) is 5.11 Å². The molecule has 4 nitrogen and oxygen atoms in total. The molecule has 0 aliphatic carbocycles. The van der Waals surface area contributed by atoms with Crippen molar-refractivity contribution >= 4 is 23.0 Å². The fraction of sp³-hybridized carbons (Fsp3) is 0.130. The summed E-state index contributed by atoms with van der Waals surface area (Å²) in [5.74, 6) is 0.829. The fourth-order valence-electron chi connectivity index (χ4n) is 2.96. The second kappa shape index (κ2) is 6.72. The number of benzene rings is 3. The number of aryl methyl sites for hydroxylation is 3. The number of aromatic nitrogens is 1. The quantitative estimate of drug-likeness (QED) is 0.467. The molecule has 0 aliphatic heterocycles. The lowest BCUT2D eigenvalue weighted by Crippen LogP contribution is -1.86. The van der Waals surface area contributed by atoms with E-state index in [1.807, 2.05) is 75.4 Å². The van der Waals surface area contributed by atoms with Crippen LogP contribution in [0, 0.1) is 20.8 Å². The highest BCUT2D eigenvalue weighted by Crippen LogP contribution is 2.30. The minimum absolute atomic E-state index is 0.254. The van der Waals surface area contributed by atoms with Crippen LogP contribution in [0.5, 0.6) is 5.75 Å². The van der Waals surface area contributed by atoms with Gasteiger partial charge in [0, 0.05) is 17.3 Å². The molecule has 4 rings (SSSR count). The zero-order chi connectivity index (χ0) is 19.0. The number of para-hydroxylation sites is 1. The van der Waals surface area contributed by atoms with E-state index in [4.69, 9.17) is 4.42 Å². The Hall–Kier alpha value is -3.40. The Morgan fingerprint density at radius 3 is 2.67 bits per heavy atom. The molecule has 0 bridgehead atoms. The molecular formula is C23H20N2O2. The van der Waals surface area contributed by atoms with E-state index in [0.29, 0.717) is 11.5 Å². The van der Waals surface area contributed by atoms with Gasteiger partial charge in [0.15, 0.2) is 5.58 Å². The molecule has 0 unspecified atom stereocenters. The highest BCUT2D eigenvalue weighted by Gasteiger charge is 2.10. The minimum Gasteiger partial charge on any atom is -0.507 e. The molecule has 0 aliphatic rings. The van der Waals surface area contributed by atoms with Crippen LogP contribution in [0.4, 0.5) is 5.69 Å². The predicted octanol–water partition coefficient (Wildman–Crippen LogP) is 5.88. The number of rotatable bonds is 3. The summed E-state index contributed by atoms with van der Waals surface area (Å²) in [6, 6.07) is 17.5. The Labute approximate surface area is 157 Å². The van der Waals surface area contributed by atoms with Gasteiger partial charge < -0.3 is 9.52 Å². The van der Waals surface area contributed by atoms with Crippen LogP contribution >= 0.6 is 0 Å². The summed E-state index contributed by atoms with van der Waals surface area (Å²) >= 11 is 0. The van der Waals surface area contributed by atoms with Crippen LogP contribution in [0.3, 0.4) is 0 Å². The summed E-state index contributed by atoms with van der Waals surface area (Å²) in [4.78, 5) is 9.16. The fourth-order valence-corrected chi connectivity index (χ4v) is 2.96. The number of aromatic hydroxyl groups is 1. The summed E-state index contributed by atoms with van der Waals surface area (Å²) in [7, 11) is 0. The molecule has 0 fully saturated rings. The Morgan fingerprint density at radius 2 is 1.81 bits per heavy atom. The van der Waals surface area contributed by atoms with Crippen molar-refractivity contribution in [2.45, 2.75) is 20.8 Å². The van der Waals surface area contributed by atoms with Gasteiger partial charge in [0.2, 0.25) is 5.89 Å². The average Bonchev–Trinajstić information content (AvgIpc) is 3.07. The predicted molar refractivity (Wildman–Crippen MR) is 109 cm³/mol. The minimum atomic E-state index is 0.254. The maximum Gasteiger partial charge on any atom is 0.227 e. The van der Waals surface area contributed by atoms with Crippen LogP contribution in [-0.2, 0) is 0 Å². The number of oxazole rings is 1. The van der Waals surface area contributed by atoms with Crippen molar-refractivity contribution in [3.63, 3.8) is 0 Å². The smallest absolute Gasteiger partial charge is 0.227 e. The average molecular weight is 356 g/mol. The molecule has 3 aromatic carbocycles. The standard InChI is InChI=1S/C23H20N2O2/c1-14-7-10-19-21(11-14)27-23(25-19)17-9-8-15(2)20(12-17)24-13-18-6-4-5-16(3)22(18)26/h4-13,26H,1-3H3. The first-order chi connectivity index (χ1) is 13.0. The van der Waals surface area contributed by atoms with Gasteiger partial charge in [0.1, 0.15) is 11.3 Å². The largest absolute Gasteiger partial charge is 0.507 e. The van der Waals surface area contributed by atoms with Gasteiger partial charge in [-0.2, -0.15) is 0 Å². The molecule has 134 valence electrons. The highest BCUT2D eigenvalue weighted by atomic mass is 16.3. The molecule has 0 atom stereocenters. The third kappa shape index (κ3) is 3.34. The van der Waals surface area contributed by atoms with Crippen LogP contribution in [0.2, 0.25) is 0 Å². The molecular weight excluding hydrogens is 336 g/mol. The van der Waals surface area contributed by atoms with Crippen LogP contribution in [-0.4, -0.2) is 16.3 Å². The van der Waals surface area contributed by atoms with Gasteiger partial charge >= 0.3 is 0 Å². The van der Waals surface area contributed by atoms with E-state index in [0.717, 1.165) is 39.0 Å². The summed E-state index contributed by atoms with van der Waals surface area (Å²) in [6.45, 7) is 5.90. The van der Waals surface area contributed by atoms with E-state index in [1.54, 1.807) is 6.21 Å². The Kier molecular flexibility index (Phi) is 4.24. The number of hydrogen-bond donors (Lipinski definition) is 1. The second-order valence-corrected chi connectivity index (χ2v) is 6.76. The van der Waals surface area contributed by atoms with E-state index in [-0.39, 0.29) is 5.75 Å². The van der Waals surface area contributed by atoms with Gasteiger partial charge in [-0.25, -0.2) is 4.98 Å². The third-order valence-corrected chi connectivity index (χ3v) is 4.61. The van der Waals surface area contributed by atoms with Crippen molar-refractivity contribution in [3.8, 4) is 17.2 Å². The SMILES string of the molecule is Cc1ccc2nc(-c3ccc(C)c(N=Cc4cccc(C)c4O)c3)oc2c1. The van der Waals surface area contributed by atoms with E-state index in [1.165, 1.54) is 0 Å². The van der Waals surface area contributed by atoms with E-state index in [2.05, 4.69) is 9.98 Å². The van der Waals surface area contributed by atoms with Crippen molar-refractivity contribution in [3.05, 3.63) is 76.9 Å². The van der Waals surface area contributed by atoms with Gasteiger partial charge in [-0.05, 0) is 67.8 Å². The molecule has 0 amide bonds. The monoisotopic (exact) mass is 356 g/mol. The zero-order valence-corrected chi connectivity index (χ0v) is 15.5. The molecule has 0 saturated carbocycles. The molecule has 0 radical (unpaired) electrons. The lowest BCUT2D eigenvalue weighted by atomic mass is 10.1. The van der Waals surface area contributed by atoms with E-state index < -0.39 is 0 Å². The summed E-state index contributed by atoms with van der Waals surface area (Å²) in [5, 5.41) is 10.2.